The van der Waals surface area contributed by atoms with Gasteiger partial charge in [0.1, 0.15) is 5.38 Å². The summed E-state index contributed by atoms with van der Waals surface area (Å²) in [6, 6.07) is 9.26. The topological polar surface area (TPSA) is 49.9 Å². The Morgan fingerprint density at radius 2 is 1.65 bits per heavy atom. The third-order valence-electron chi connectivity index (χ3n) is 3.33. The molecule has 0 saturated carbocycles. The monoisotopic (exact) mass is 296 g/mol. The molecule has 0 N–H and O–H groups in total. The van der Waals surface area contributed by atoms with E-state index in [-0.39, 0.29) is 12.0 Å². The van der Waals surface area contributed by atoms with E-state index in [1.165, 1.54) is 7.11 Å². The van der Waals surface area contributed by atoms with E-state index in [1.54, 1.807) is 9.80 Å². The van der Waals surface area contributed by atoms with Crippen molar-refractivity contribution in [2.45, 2.75) is 5.38 Å². The summed E-state index contributed by atoms with van der Waals surface area (Å²) in [7, 11) is 1.35. The molecule has 6 heteroatoms. The number of halogens is 1. The molecule has 1 atom stereocenters. The third-order valence-corrected chi connectivity index (χ3v) is 3.77. The summed E-state index contributed by atoms with van der Waals surface area (Å²) >= 11 is 6.22. The van der Waals surface area contributed by atoms with Gasteiger partial charge in [-0.05, 0) is 5.56 Å². The first kappa shape index (κ1) is 14.7. The van der Waals surface area contributed by atoms with Crippen molar-refractivity contribution in [2.75, 3.05) is 33.3 Å². The number of nitrogens with zero attached hydrogens (tertiary/aromatic N) is 2. The molecule has 1 aromatic carbocycles. The second-order valence-corrected chi connectivity index (χ2v) is 4.99. The number of carbonyl (C=O) groups excluding carboxylic acids is 2. The van der Waals surface area contributed by atoms with Crippen molar-refractivity contribution in [3.8, 4) is 0 Å². The van der Waals surface area contributed by atoms with Gasteiger partial charge in [-0.1, -0.05) is 30.3 Å². The van der Waals surface area contributed by atoms with Crippen molar-refractivity contribution >= 4 is 23.6 Å². The van der Waals surface area contributed by atoms with Crippen LogP contribution < -0.4 is 0 Å². The highest BCUT2D eigenvalue weighted by Crippen LogP contribution is 2.23. The average molecular weight is 297 g/mol. The van der Waals surface area contributed by atoms with Gasteiger partial charge in [-0.25, -0.2) is 4.79 Å². The van der Waals surface area contributed by atoms with Crippen LogP contribution in [-0.4, -0.2) is 55.1 Å². The highest BCUT2D eigenvalue weighted by molar-refractivity contribution is 6.30. The number of hydrogen-bond acceptors (Lipinski definition) is 3. The second-order valence-electron chi connectivity index (χ2n) is 4.56. The number of amides is 2. The zero-order valence-electron chi connectivity index (χ0n) is 11.3. The molecule has 0 spiro atoms. The van der Waals surface area contributed by atoms with E-state index < -0.39 is 5.38 Å². The first-order chi connectivity index (χ1) is 9.63. The fourth-order valence-corrected chi connectivity index (χ4v) is 2.45. The Bertz CT molecular complexity index is 473. The third kappa shape index (κ3) is 3.22. The Kier molecular flexibility index (Phi) is 4.84. The number of hydrogen-bond donors (Lipinski definition) is 0. The van der Waals surface area contributed by atoms with E-state index in [2.05, 4.69) is 4.74 Å². The van der Waals surface area contributed by atoms with Crippen LogP contribution >= 0.6 is 11.6 Å². The molecule has 2 amide bonds. The molecule has 0 radical (unpaired) electrons. The van der Waals surface area contributed by atoms with Crippen molar-refractivity contribution in [3.63, 3.8) is 0 Å². The number of methoxy groups -OCH3 is 1. The first-order valence-corrected chi connectivity index (χ1v) is 6.88. The maximum Gasteiger partial charge on any atom is 0.409 e. The van der Waals surface area contributed by atoms with Gasteiger partial charge in [0.25, 0.3) is 0 Å². The molecule has 0 bridgehead atoms. The fourth-order valence-electron chi connectivity index (χ4n) is 2.16. The maximum atomic E-state index is 12.3. The zero-order valence-corrected chi connectivity index (χ0v) is 12.0. The standard InChI is InChI=1S/C14H17ClN2O3/c1-20-14(19)17-9-7-16(8-10-17)13(18)12(15)11-5-3-2-4-6-11/h2-6,12H,7-10H2,1H3. The minimum absolute atomic E-state index is 0.123. The number of rotatable bonds is 2. The van der Waals surface area contributed by atoms with Gasteiger partial charge in [-0.3, -0.25) is 4.79 Å². The summed E-state index contributed by atoms with van der Waals surface area (Å²) in [6.07, 6.45) is -0.359. The van der Waals surface area contributed by atoms with E-state index >= 15 is 0 Å². The van der Waals surface area contributed by atoms with Crippen molar-refractivity contribution in [1.82, 2.24) is 9.80 Å². The SMILES string of the molecule is COC(=O)N1CCN(C(=O)C(Cl)c2ccccc2)CC1. The van der Waals surface area contributed by atoms with Gasteiger partial charge < -0.3 is 14.5 Å². The number of alkyl halides is 1. The number of benzene rings is 1. The quantitative estimate of drug-likeness (QED) is 0.783. The lowest BCUT2D eigenvalue weighted by atomic mass is 10.1. The molecule has 1 unspecified atom stereocenters. The molecule has 2 rings (SSSR count). The summed E-state index contributed by atoms with van der Waals surface area (Å²) in [5.41, 5.74) is 0.787. The van der Waals surface area contributed by atoms with Crippen LogP contribution in [0.1, 0.15) is 10.9 Å². The Morgan fingerprint density at radius 3 is 2.20 bits per heavy atom. The van der Waals surface area contributed by atoms with Crippen molar-refractivity contribution in [2.24, 2.45) is 0 Å². The molecule has 1 aliphatic rings. The highest BCUT2D eigenvalue weighted by atomic mass is 35.5. The van der Waals surface area contributed by atoms with E-state index in [4.69, 9.17) is 11.6 Å². The summed E-state index contributed by atoms with van der Waals surface area (Å²) in [6.45, 7) is 1.89. The first-order valence-electron chi connectivity index (χ1n) is 6.44. The maximum absolute atomic E-state index is 12.3. The molecule has 108 valence electrons. The molecule has 1 aromatic rings. The van der Waals surface area contributed by atoms with Crippen LogP contribution in [0.5, 0.6) is 0 Å². The molecular weight excluding hydrogens is 280 g/mol. The smallest absolute Gasteiger partial charge is 0.409 e. The molecule has 0 aromatic heterocycles. The van der Waals surface area contributed by atoms with Crippen LogP contribution in [-0.2, 0) is 9.53 Å². The predicted molar refractivity (Wildman–Crippen MR) is 75.6 cm³/mol. The molecule has 0 aliphatic carbocycles. The lowest BCUT2D eigenvalue weighted by molar-refractivity contribution is -0.132. The van der Waals surface area contributed by atoms with Crippen LogP contribution in [0.25, 0.3) is 0 Å². The highest BCUT2D eigenvalue weighted by Gasteiger charge is 2.28. The van der Waals surface area contributed by atoms with E-state index in [0.29, 0.717) is 26.2 Å². The lowest BCUT2D eigenvalue weighted by Crippen LogP contribution is -2.51. The molecular formula is C14H17ClN2O3. The molecule has 1 fully saturated rings. The molecule has 1 heterocycles. The van der Waals surface area contributed by atoms with E-state index in [0.717, 1.165) is 5.56 Å². The average Bonchev–Trinajstić information content (AvgIpc) is 2.53. The number of piperazine rings is 1. The Morgan fingerprint density at radius 1 is 1.10 bits per heavy atom. The Balaban J connectivity index is 1.93. The van der Waals surface area contributed by atoms with Gasteiger partial charge >= 0.3 is 6.09 Å². The van der Waals surface area contributed by atoms with Crippen molar-refractivity contribution < 1.29 is 14.3 Å². The molecule has 1 saturated heterocycles. The van der Waals surface area contributed by atoms with Crippen molar-refractivity contribution in [3.05, 3.63) is 35.9 Å². The van der Waals surface area contributed by atoms with E-state index in [1.807, 2.05) is 30.3 Å². The summed E-state index contributed by atoms with van der Waals surface area (Å²) in [5, 5.41) is -0.680. The number of carbonyl (C=O) groups is 2. The fraction of sp³-hybridized carbons (Fsp3) is 0.429. The van der Waals surface area contributed by atoms with Crippen molar-refractivity contribution in [1.29, 1.82) is 0 Å². The Hall–Kier alpha value is -1.75. The normalized spacial score (nSPS) is 16.7. The minimum Gasteiger partial charge on any atom is -0.453 e. The van der Waals surface area contributed by atoms with Crippen LogP contribution in [0.3, 0.4) is 0 Å². The van der Waals surface area contributed by atoms with Gasteiger partial charge in [-0.15, -0.1) is 11.6 Å². The van der Waals surface area contributed by atoms with Gasteiger partial charge in [0.15, 0.2) is 0 Å². The van der Waals surface area contributed by atoms with Gasteiger partial charge in [0.05, 0.1) is 7.11 Å². The predicted octanol–water partition coefficient (Wildman–Crippen LogP) is 1.88. The minimum atomic E-state index is -0.680. The lowest BCUT2D eigenvalue weighted by Gasteiger charge is -2.34. The van der Waals surface area contributed by atoms with Gasteiger partial charge in [-0.2, -0.15) is 0 Å². The number of ether oxygens (including phenoxy) is 1. The molecule has 1 aliphatic heterocycles. The molecule has 5 nitrogen and oxygen atoms in total. The van der Waals surface area contributed by atoms with Crippen LogP contribution in [0.2, 0.25) is 0 Å². The largest absolute Gasteiger partial charge is 0.453 e. The summed E-state index contributed by atoms with van der Waals surface area (Å²) < 4.78 is 4.66. The Labute approximate surface area is 123 Å². The molecule has 20 heavy (non-hydrogen) atoms. The van der Waals surface area contributed by atoms with Crippen LogP contribution in [0, 0.1) is 0 Å². The van der Waals surface area contributed by atoms with Crippen LogP contribution in [0.15, 0.2) is 30.3 Å². The van der Waals surface area contributed by atoms with Gasteiger partial charge in [0.2, 0.25) is 5.91 Å². The summed E-state index contributed by atoms with van der Waals surface area (Å²) in [5.74, 6) is -0.123. The zero-order chi connectivity index (χ0) is 14.5. The van der Waals surface area contributed by atoms with Crippen LogP contribution in [0.4, 0.5) is 4.79 Å². The summed E-state index contributed by atoms with van der Waals surface area (Å²) in [4.78, 5) is 26.9. The van der Waals surface area contributed by atoms with E-state index in [9.17, 15) is 9.59 Å². The van der Waals surface area contributed by atoms with Gasteiger partial charge in [0, 0.05) is 26.2 Å². The second kappa shape index (κ2) is 6.61.